The number of nitrogens with one attached hydrogen (secondary N) is 3. The van der Waals surface area contributed by atoms with Gasteiger partial charge >= 0.3 is 0 Å². The fraction of sp³-hybridized carbons (Fsp3) is 0.536. The number of carbonyl (C=O) groups excluding carboxylic acids is 5. The molecule has 2 aliphatic heterocycles. The first kappa shape index (κ1) is 65.7. The molecule has 4 heterocycles. The Morgan fingerprint density at radius 1 is 0.940 bits per heavy atom. The van der Waals surface area contributed by atoms with Crippen LogP contribution in [0, 0.1) is 18.2 Å². The van der Waals surface area contributed by atoms with Gasteiger partial charge in [-0.05, 0) is 43.4 Å². The lowest BCUT2D eigenvalue weighted by Gasteiger charge is -2.36. The second-order valence-corrected chi connectivity index (χ2v) is 22.4. The Morgan fingerprint density at radius 2 is 1.57 bits per heavy atom. The Morgan fingerprint density at radius 3 is 2.14 bits per heavy atom. The van der Waals surface area contributed by atoms with Crippen molar-refractivity contribution in [1.82, 2.24) is 40.3 Å². The van der Waals surface area contributed by atoms with Crippen molar-refractivity contribution in [3.63, 3.8) is 0 Å². The Hall–Kier alpha value is -6.49. The standard InChI is InChI=1S/C56H75ClF2N10O13S/c1-32(58)44(35(4)70)45-40(57)28-39-47(46(45)59)64-55(65-50(39)67-15-17-68(18-16-67)53(76)54(77)78)60-14-13-43(73)66(8)19-20-79-21-22-80-23-24-81-25-26-82-30-42(72)63-49(56(5,6)7)52(75)69-29-38(71)27-41(69)51(74)62-33(2)36-9-11-37(12-10-36)48-34(3)61-31-83-48/h9-12,28,31,33,38,41,49,54,70-71,77-78H,4,13-27,29-30H2,1-3,5-8H3,(H,62,74)(H,63,72)(H,60,64,65)/b44-32-/t33-,38+,41-,49+/m0/s1. The number of aliphatic hydroxyl groups is 4. The van der Waals surface area contributed by atoms with Gasteiger partial charge in [-0.25, -0.2) is 18.7 Å². The second-order valence-electron chi connectivity index (χ2n) is 21.1. The average molecular weight is 1200 g/mol. The van der Waals surface area contributed by atoms with Crippen LogP contribution in [0.3, 0.4) is 0 Å². The van der Waals surface area contributed by atoms with Gasteiger partial charge in [0.25, 0.3) is 5.91 Å². The summed E-state index contributed by atoms with van der Waals surface area (Å²) in [5.74, 6) is -5.21. The van der Waals surface area contributed by atoms with Crippen molar-refractivity contribution in [2.45, 2.75) is 84.9 Å². The number of hydrogen-bond acceptors (Lipinski definition) is 19. The lowest BCUT2D eigenvalue weighted by Crippen LogP contribution is -2.58. The van der Waals surface area contributed by atoms with E-state index in [0.29, 0.717) is 0 Å². The smallest absolute Gasteiger partial charge is 0.279 e. The molecule has 0 saturated carbocycles. The fourth-order valence-corrected chi connectivity index (χ4v) is 10.5. The van der Waals surface area contributed by atoms with Crippen molar-refractivity contribution >= 4 is 80.7 Å². The highest BCUT2D eigenvalue weighted by Gasteiger charge is 2.45. The molecule has 0 bridgehead atoms. The number of piperazine rings is 1. The molecule has 2 aliphatic rings. The van der Waals surface area contributed by atoms with E-state index in [4.69, 9.17) is 30.5 Å². The maximum atomic E-state index is 16.4. The zero-order valence-corrected chi connectivity index (χ0v) is 49.3. The summed E-state index contributed by atoms with van der Waals surface area (Å²) in [5, 5.41) is 48.1. The summed E-state index contributed by atoms with van der Waals surface area (Å²) in [6.07, 6.45) is -3.07. The summed E-state index contributed by atoms with van der Waals surface area (Å²) < 4.78 is 53.2. The van der Waals surface area contributed by atoms with Crippen LogP contribution in [0.4, 0.5) is 20.5 Å². The minimum absolute atomic E-state index is 0.0225. The molecule has 6 rings (SSSR count). The third-order valence-electron chi connectivity index (χ3n) is 13.9. The highest BCUT2D eigenvalue weighted by molar-refractivity contribution is 7.13. The number of rotatable bonds is 28. The Bertz CT molecular complexity index is 2950. The third-order valence-corrected chi connectivity index (χ3v) is 15.2. The number of benzene rings is 2. The largest absolute Gasteiger partial charge is 0.508 e. The van der Waals surface area contributed by atoms with Crippen molar-refractivity contribution in [2.75, 3.05) is 116 Å². The summed E-state index contributed by atoms with van der Waals surface area (Å²) in [5.41, 5.74) is 2.59. The molecular formula is C56H75ClF2N10O13S. The molecule has 4 atom stereocenters. The van der Waals surface area contributed by atoms with E-state index < -0.39 is 82.1 Å². The predicted molar refractivity (Wildman–Crippen MR) is 307 cm³/mol. The van der Waals surface area contributed by atoms with Crippen LogP contribution in [-0.2, 0) is 42.9 Å². The summed E-state index contributed by atoms with van der Waals surface area (Å²) in [6.45, 7) is 15.3. The van der Waals surface area contributed by atoms with Crippen molar-refractivity contribution in [3.05, 3.63) is 81.7 Å². The van der Waals surface area contributed by atoms with Crippen molar-refractivity contribution < 1.29 is 72.1 Å². The molecule has 23 nitrogen and oxygen atoms in total. The minimum atomic E-state index is -2.18. The number of carbonyl (C=O) groups is 5. The number of fused-ring (bicyclic) bond motifs is 1. The number of aryl methyl sites for hydroxylation is 1. The van der Waals surface area contributed by atoms with E-state index in [1.807, 2.05) is 38.1 Å². The monoisotopic (exact) mass is 1200 g/mol. The average Bonchev–Trinajstić information content (AvgIpc) is 3.65. The lowest BCUT2D eigenvalue weighted by atomic mass is 9.85. The van der Waals surface area contributed by atoms with Crippen molar-refractivity contribution in [3.8, 4) is 10.4 Å². The Kier molecular flexibility index (Phi) is 24.0. The molecule has 2 aromatic carbocycles. The zero-order valence-electron chi connectivity index (χ0n) is 47.7. The molecule has 2 fully saturated rings. The number of likely N-dealkylation sites (tertiary alicyclic amines) is 1. The van der Waals surface area contributed by atoms with Crippen LogP contribution in [0.5, 0.6) is 0 Å². The van der Waals surface area contributed by atoms with Crippen LogP contribution >= 0.6 is 22.9 Å². The first-order chi connectivity index (χ1) is 39.4. The number of likely N-dealkylation sites (N-methyl/N-ethyl adjacent to an activating group) is 1. The van der Waals surface area contributed by atoms with Crippen LogP contribution in [0.25, 0.3) is 26.9 Å². The molecule has 0 spiro atoms. The molecule has 0 aliphatic carbocycles. The number of allylic oxidation sites excluding steroid dienone is 2. The summed E-state index contributed by atoms with van der Waals surface area (Å²) >= 11 is 8.03. The number of aromatic nitrogens is 3. The maximum Gasteiger partial charge on any atom is 0.279 e. The van der Waals surface area contributed by atoms with Crippen molar-refractivity contribution in [2.24, 2.45) is 5.41 Å². The van der Waals surface area contributed by atoms with Gasteiger partial charge in [-0.2, -0.15) is 4.98 Å². The van der Waals surface area contributed by atoms with E-state index in [0.717, 1.165) is 28.6 Å². The Labute approximate surface area is 489 Å². The van der Waals surface area contributed by atoms with E-state index in [1.165, 1.54) is 20.8 Å². The van der Waals surface area contributed by atoms with Gasteiger partial charge in [0.2, 0.25) is 35.9 Å². The molecular weight excluding hydrogens is 1130 g/mol. The predicted octanol–water partition coefficient (Wildman–Crippen LogP) is 4.28. The lowest BCUT2D eigenvalue weighted by molar-refractivity contribution is -0.159. The molecule has 5 amide bonds. The van der Waals surface area contributed by atoms with E-state index >= 15 is 4.39 Å². The number of thiazole rings is 1. The molecule has 83 heavy (non-hydrogen) atoms. The molecule has 4 aromatic rings. The van der Waals surface area contributed by atoms with Gasteiger partial charge in [-0.1, -0.05) is 63.2 Å². The fourth-order valence-electron chi connectivity index (χ4n) is 9.39. The minimum Gasteiger partial charge on any atom is -0.508 e. The van der Waals surface area contributed by atoms with E-state index in [1.54, 1.807) is 49.6 Å². The van der Waals surface area contributed by atoms with E-state index in [2.05, 4.69) is 37.5 Å². The van der Waals surface area contributed by atoms with Gasteiger partial charge in [0, 0.05) is 76.7 Å². The van der Waals surface area contributed by atoms with Crippen LogP contribution in [-0.4, -0.2) is 210 Å². The van der Waals surface area contributed by atoms with Gasteiger partial charge in [-0.3, -0.25) is 24.0 Å². The molecule has 0 unspecified atom stereocenters. The number of aliphatic hydroxyl groups excluding tert-OH is 3. The highest BCUT2D eigenvalue weighted by Crippen LogP contribution is 2.40. The number of nitrogens with zero attached hydrogens (tertiary/aromatic N) is 7. The zero-order chi connectivity index (χ0) is 60.7. The summed E-state index contributed by atoms with van der Waals surface area (Å²) in [7, 11) is 1.60. The summed E-state index contributed by atoms with van der Waals surface area (Å²) in [6, 6.07) is 6.82. The Balaban J connectivity index is 0.858. The van der Waals surface area contributed by atoms with E-state index in [9.17, 15) is 48.8 Å². The topological polar surface area (TPSA) is 291 Å². The molecule has 27 heteroatoms. The van der Waals surface area contributed by atoms with Crippen molar-refractivity contribution in [1.29, 1.82) is 0 Å². The second kappa shape index (κ2) is 30.4. The third kappa shape index (κ3) is 17.8. The number of ether oxygens (including phenoxy) is 4. The highest BCUT2D eigenvalue weighted by atomic mass is 35.5. The number of β-amino-alcohol motifs (C(OH)–C–C–N with tert-alkyl or cyclic N) is 1. The normalized spacial score (nSPS) is 16.7. The van der Waals surface area contributed by atoms with Gasteiger partial charge in [-0.15, -0.1) is 11.3 Å². The van der Waals surface area contributed by atoms with E-state index in [-0.39, 0.29) is 151 Å². The summed E-state index contributed by atoms with van der Waals surface area (Å²) in [4.78, 5) is 86.1. The number of anilines is 2. The molecule has 0 radical (unpaired) electrons. The number of halogens is 3. The SMILES string of the molecule is C=C(O)/C(=C(\C)F)c1c(Cl)cc2c(N3CCN(C(=O)C(O)O)CC3)nc(NCCC(=O)N(C)CCOCCOCCOCCOCC(=O)N[C@H](C(=O)N3C[C@H](O)C[C@H]3C(=O)N[C@@H](C)c3ccc(-c4scnc4C)cc3)C(C)(C)C)nc2c1F. The van der Waals surface area contributed by atoms with Gasteiger partial charge < -0.3 is 74.9 Å². The molecule has 454 valence electrons. The quantitative estimate of drug-likeness (QED) is 0.0181. The number of amides is 5. The molecule has 7 N–H and O–H groups in total. The van der Waals surface area contributed by atoms with Crippen LogP contribution < -0.4 is 20.9 Å². The van der Waals surface area contributed by atoms with Crippen LogP contribution in [0.2, 0.25) is 5.02 Å². The van der Waals surface area contributed by atoms with Gasteiger partial charge in [0.1, 0.15) is 41.6 Å². The first-order valence-electron chi connectivity index (χ1n) is 27.1. The van der Waals surface area contributed by atoms with Crippen LogP contribution in [0.15, 0.2) is 54.0 Å². The van der Waals surface area contributed by atoms with Gasteiger partial charge in [0.05, 0.1) is 85.1 Å². The van der Waals surface area contributed by atoms with Gasteiger partial charge in [0.15, 0.2) is 5.82 Å². The molecule has 2 aromatic heterocycles. The first-order valence-corrected chi connectivity index (χ1v) is 28.4. The van der Waals surface area contributed by atoms with Crippen LogP contribution in [0.1, 0.15) is 70.3 Å². The maximum absolute atomic E-state index is 16.4. The number of hydrogen-bond donors (Lipinski definition) is 7. The molecule has 2 saturated heterocycles.